The number of ether oxygens (including phenoxy) is 1. The quantitative estimate of drug-likeness (QED) is 0.534. The molecule has 1 aliphatic rings. The van der Waals surface area contributed by atoms with Crippen LogP contribution in [0.4, 0.5) is 0 Å². The molecule has 1 atom stereocenters. The van der Waals surface area contributed by atoms with Crippen LogP contribution in [0.1, 0.15) is 13.8 Å². The summed E-state index contributed by atoms with van der Waals surface area (Å²) in [7, 11) is 0. The molecule has 0 aliphatic carbocycles. The van der Waals surface area contributed by atoms with Crippen molar-refractivity contribution in [3.63, 3.8) is 0 Å². The lowest BCUT2D eigenvalue weighted by Crippen LogP contribution is -2.50. The minimum Gasteiger partial charge on any atom is -0.388 e. The van der Waals surface area contributed by atoms with Crippen molar-refractivity contribution in [1.29, 1.82) is 0 Å². The zero-order chi connectivity index (χ0) is 7.61. The van der Waals surface area contributed by atoms with Gasteiger partial charge in [0.15, 0.2) is 0 Å². The predicted octanol–water partition coefficient (Wildman–Crippen LogP) is -0.254. The summed E-state index contributed by atoms with van der Waals surface area (Å²) < 4.78 is 5.33. The summed E-state index contributed by atoms with van der Waals surface area (Å²) in [5.41, 5.74) is -0.715. The fourth-order valence-electron chi connectivity index (χ4n) is 1.02. The van der Waals surface area contributed by atoms with Crippen molar-refractivity contribution in [3.05, 3.63) is 0 Å². The molecule has 3 heteroatoms. The first-order valence-electron chi connectivity index (χ1n) is 3.65. The molecule has 0 aromatic carbocycles. The van der Waals surface area contributed by atoms with E-state index in [1.54, 1.807) is 13.8 Å². The number of rotatable bonds is 1. The van der Waals surface area contributed by atoms with Gasteiger partial charge in [0.2, 0.25) is 0 Å². The Balaban J connectivity index is 2.39. The molecule has 1 fully saturated rings. The largest absolute Gasteiger partial charge is 0.388 e. The molecule has 1 saturated heterocycles. The van der Waals surface area contributed by atoms with Crippen LogP contribution < -0.4 is 5.32 Å². The Bertz CT molecular complexity index is 103. The van der Waals surface area contributed by atoms with E-state index < -0.39 is 5.60 Å². The van der Waals surface area contributed by atoms with Gasteiger partial charge in [-0.3, -0.25) is 0 Å². The first-order chi connectivity index (χ1) is 4.61. The van der Waals surface area contributed by atoms with Gasteiger partial charge in [-0.05, 0) is 13.8 Å². The number of morpholine rings is 1. The predicted molar refractivity (Wildman–Crippen MR) is 38.9 cm³/mol. The molecule has 0 aromatic heterocycles. The minimum absolute atomic E-state index is 0.0544. The second-order valence-corrected chi connectivity index (χ2v) is 3.22. The fraction of sp³-hybridized carbons (Fsp3) is 1.00. The normalized spacial score (nSPS) is 28.5. The highest BCUT2D eigenvalue weighted by atomic mass is 16.5. The average molecular weight is 145 g/mol. The summed E-state index contributed by atoms with van der Waals surface area (Å²) in [5, 5.41) is 12.6. The van der Waals surface area contributed by atoms with Crippen LogP contribution >= 0.6 is 0 Å². The lowest BCUT2D eigenvalue weighted by molar-refractivity contribution is -0.0989. The third-order valence-corrected chi connectivity index (χ3v) is 1.72. The number of hydrogen-bond acceptors (Lipinski definition) is 3. The SMILES string of the molecule is CC(C)(O)C1CNCCO1. The third-order valence-electron chi connectivity index (χ3n) is 1.72. The monoisotopic (exact) mass is 145 g/mol. The van der Waals surface area contributed by atoms with E-state index in [-0.39, 0.29) is 6.10 Å². The fourth-order valence-corrected chi connectivity index (χ4v) is 1.02. The van der Waals surface area contributed by atoms with Crippen molar-refractivity contribution in [2.75, 3.05) is 19.7 Å². The Kier molecular flexibility index (Phi) is 2.28. The second kappa shape index (κ2) is 2.86. The van der Waals surface area contributed by atoms with E-state index in [1.807, 2.05) is 0 Å². The molecule has 2 N–H and O–H groups in total. The topological polar surface area (TPSA) is 41.5 Å². The van der Waals surface area contributed by atoms with Gasteiger partial charge in [0.05, 0.1) is 18.3 Å². The molecule has 0 saturated carbocycles. The van der Waals surface area contributed by atoms with Crippen molar-refractivity contribution >= 4 is 0 Å². The van der Waals surface area contributed by atoms with Crippen LogP contribution in [-0.4, -0.2) is 36.5 Å². The maximum atomic E-state index is 9.48. The Labute approximate surface area is 61.4 Å². The molecular weight excluding hydrogens is 130 g/mol. The zero-order valence-electron chi connectivity index (χ0n) is 6.55. The summed E-state index contributed by atoms with van der Waals surface area (Å²) in [4.78, 5) is 0. The van der Waals surface area contributed by atoms with Gasteiger partial charge in [0, 0.05) is 13.1 Å². The van der Waals surface area contributed by atoms with Crippen LogP contribution in [0.25, 0.3) is 0 Å². The van der Waals surface area contributed by atoms with E-state index in [0.717, 1.165) is 13.1 Å². The molecule has 0 spiro atoms. The van der Waals surface area contributed by atoms with Crippen molar-refractivity contribution < 1.29 is 9.84 Å². The molecule has 1 heterocycles. The van der Waals surface area contributed by atoms with E-state index in [4.69, 9.17) is 4.74 Å². The van der Waals surface area contributed by atoms with Crippen molar-refractivity contribution in [1.82, 2.24) is 5.32 Å². The molecule has 60 valence electrons. The van der Waals surface area contributed by atoms with Crippen molar-refractivity contribution in [3.8, 4) is 0 Å². The third kappa shape index (κ3) is 1.94. The van der Waals surface area contributed by atoms with Crippen molar-refractivity contribution in [2.45, 2.75) is 25.6 Å². The minimum atomic E-state index is -0.715. The van der Waals surface area contributed by atoms with Gasteiger partial charge >= 0.3 is 0 Å². The molecule has 0 aromatic rings. The van der Waals surface area contributed by atoms with Gasteiger partial charge in [-0.25, -0.2) is 0 Å². The Morgan fingerprint density at radius 1 is 1.60 bits per heavy atom. The van der Waals surface area contributed by atoms with Gasteiger partial charge in [-0.1, -0.05) is 0 Å². The molecule has 3 nitrogen and oxygen atoms in total. The van der Waals surface area contributed by atoms with Crippen LogP contribution in [0.15, 0.2) is 0 Å². The maximum absolute atomic E-state index is 9.48. The smallest absolute Gasteiger partial charge is 0.0980 e. The first kappa shape index (κ1) is 7.98. The Hall–Kier alpha value is -0.120. The number of hydrogen-bond donors (Lipinski definition) is 2. The summed E-state index contributed by atoms with van der Waals surface area (Å²) in [6.45, 7) is 5.89. The highest BCUT2D eigenvalue weighted by Gasteiger charge is 2.28. The molecular formula is C7H15NO2. The molecule has 1 aliphatic heterocycles. The molecule has 1 rings (SSSR count). The van der Waals surface area contributed by atoms with Crippen LogP contribution in [0.3, 0.4) is 0 Å². The Morgan fingerprint density at radius 3 is 2.60 bits per heavy atom. The van der Waals surface area contributed by atoms with Gasteiger partial charge in [-0.2, -0.15) is 0 Å². The molecule has 0 bridgehead atoms. The Morgan fingerprint density at radius 2 is 2.30 bits per heavy atom. The van der Waals surface area contributed by atoms with Gasteiger partial charge < -0.3 is 15.2 Å². The van der Waals surface area contributed by atoms with E-state index in [9.17, 15) is 5.11 Å². The highest BCUT2D eigenvalue weighted by Crippen LogP contribution is 2.12. The lowest BCUT2D eigenvalue weighted by Gasteiger charge is -2.32. The van der Waals surface area contributed by atoms with Crippen LogP contribution in [0, 0.1) is 0 Å². The standard InChI is InChI=1S/C7H15NO2/c1-7(2,9)6-5-8-3-4-10-6/h6,8-9H,3-5H2,1-2H3. The lowest BCUT2D eigenvalue weighted by atomic mass is 10.0. The highest BCUT2D eigenvalue weighted by molar-refractivity contribution is 4.82. The summed E-state index contributed by atoms with van der Waals surface area (Å²) in [6.07, 6.45) is -0.0544. The summed E-state index contributed by atoms with van der Waals surface area (Å²) in [5.74, 6) is 0. The van der Waals surface area contributed by atoms with E-state index >= 15 is 0 Å². The van der Waals surface area contributed by atoms with Crippen LogP contribution in [0.5, 0.6) is 0 Å². The van der Waals surface area contributed by atoms with E-state index in [0.29, 0.717) is 6.61 Å². The molecule has 1 unspecified atom stereocenters. The summed E-state index contributed by atoms with van der Waals surface area (Å²) in [6, 6.07) is 0. The van der Waals surface area contributed by atoms with E-state index in [2.05, 4.69) is 5.32 Å². The van der Waals surface area contributed by atoms with Crippen LogP contribution in [0.2, 0.25) is 0 Å². The summed E-state index contributed by atoms with van der Waals surface area (Å²) >= 11 is 0. The van der Waals surface area contributed by atoms with Gasteiger partial charge in [0.25, 0.3) is 0 Å². The average Bonchev–Trinajstić information content (AvgIpc) is 1.88. The number of nitrogens with one attached hydrogen (secondary N) is 1. The van der Waals surface area contributed by atoms with Gasteiger partial charge in [-0.15, -0.1) is 0 Å². The maximum Gasteiger partial charge on any atom is 0.0980 e. The van der Waals surface area contributed by atoms with Gasteiger partial charge in [0.1, 0.15) is 0 Å². The van der Waals surface area contributed by atoms with Crippen molar-refractivity contribution in [2.24, 2.45) is 0 Å². The number of aliphatic hydroxyl groups is 1. The van der Waals surface area contributed by atoms with E-state index in [1.165, 1.54) is 0 Å². The second-order valence-electron chi connectivity index (χ2n) is 3.22. The first-order valence-corrected chi connectivity index (χ1v) is 3.65. The molecule has 10 heavy (non-hydrogen) atoms. The molecule has 0 amide bonds. The molecule has 0 radical (unpaired) electrons. The van der Waals surface area contributed by atoms with Crippen LogP contribution in [-0.2, 0) is 4.74 Å². The zero-order valence-corrected chi connectivity index (χ0v) is 6.55.